The van der Waals surface area contributed by atoms with Gasteiger partial charge in [-0.25, -0.2) is 4.79 Å². The molecule has 0 bridgehead atoms. The molecular formula is C12H12Cl2N4OS. The lowest BCUT2D eigenvalue weighted by Crippen LogP contribution is -2.31. The highest BCUT2D eigenvalue weighted by atomic mass is 35.5. The van der Waals surface area contributed by atoms with Gasteiger partial charge in [-0.3, -0.25) is 5.32 Å². The van der Waals surface area contributed by atoms with Gasteiger partial charge in [-0.05, 0) is 31.5 Å². The van der Waals surface area contributed by atoms with Gasteiger partial charge in [0.25, 0.3) is 0 Å². The Kier molecular flexibility index (Phi) is 4.80. The van der Waals surface area contributed by atoms with E-state index in [9.17, 15) is 4.79 Å². The van der Waals surface area contributed by atoms with E-state index in [-0.39, 0.29) is 12.1 Å². The van der Waals surface area contributed by atoms with E-state index in [2.05, 4.69) is 20.8 Å². The fourth-order valence-electron chi connectivity index (χ4n) is 1.61. The van der Waals surface area contributed by atoms with Crippen molar-refractivity contribution >= 4 is 45.7 Å². The standard InChI is InChI=1S/C12H12Cl2N4OS/c1-6(9-4-3-8(13)5-10(9)14)15-11(19)16-12-18-17-7(2)20-12/h3-6H,1-2H3,(H2,15,16,18,19). The van der Waals surface area contributed by atoms with E-state index in [4.69, 9.17) is 23.2 Å². The Bertz CT molecular complexity index is 632. The molecule has 2 aromatic rings. The van der Waals surface area contributed by atoms with E-state index in [0.717, 1.165) is 10.6 Å². The highest BCUT2D eigenvalue weighted by Gasteiger charge is 2.14. The van der Waals surface area contributed by atoms with Crippen molar-refractivity contribution < 1.29 is 4.79 Å². The number of carbonyl (C=O) groups excluding carboxylic acids is 1. The fourth-order valence-corrected chi connectivity index (χ4v) is 2.77. The Labute approximate surface area is 130 Å². The molecular weight excluding hydrogens is 319 g/mol. The highest BCUT2D eigenvalue weighted by molar-refractivity contribution is 7.15. The molecule has 0 fully saturated rings. The summed E-state index contributed by atoms with van der Waals surface area (Å²) in [6.45, 7) is 3.65. The second-order valence-corrected chi connectivity index (χ2v) is 6.14. The molecule has 0 spiro atoms. The third kappa shape index (κ3) is 3.82. The Morgan fingerprint density at radius 1 is 1.35 bits per heavy atom. The molecule has 20 heavy (non-hydrogen) atoms. The molecule has 1 atom stereocenters. The molecule has 0 aliphatic carbocycles. The fraction of sp³-hybridized carbons (Fsp3) is 0.250. The molecule has 0 aliphatic rings. The zero-order chi connectivity index (χ0) is 14.7. The molecule has 2 amide bonds. The van der Waals surface area contributed by atoms with Gasteiger partial charge < -0.3 is 5.32 Å². The minimum atomic E-state index is -0.361. The molecule has 5 nitrogen and oxygen atoms in total. The Balaban J connectivity index is 2.00. The van der Waals surface area contributed by atoms with Crippen molar-refractivity contribution in [3.8, 4) is 0 Å². The van der Waals surface area contributed by atoms with Crippen LogP contribution in [0.15, 0.2) is 18.2 Å². The predicted molar refractivity (Wildman–Crippen MR) is 81.7 cm³/mol. The average molecular weight is 331 g/mol. The average Bonchev–Trinajstić information content (AvgIpc) is 2.74. The maximum Gasteiger partial charge on any atom is 0.321 e. The van der Waals surface area contributed by atoms with E-state index in [0.29, 0.717) is 15.2 Å². The molecule has 1 aromatic heterocycles. The van der Waals surface area contributed by atoms with Crippen LogP contribution in [0.2, 0.25) is 10.0 Å². The van der Waals surface area contributed by atoms with Gasteiger partial charge in [0.15, 0.2) is 0 Å². The first-order valence-corrected chi connectivity index (χ1v) is 7.35. The number of aryl methyl sites for hydroxylation is 1. The van der Waals surface area contributed by atoms with E-state index in [1.165, 1.54) is 11.3 Å². The lowest BCUT2D eigenvalue weighted by Gasteiger charge is -2.15. The van der Waals surface area contributed by atoms with Gasteiger partial charge in [0, 0.05) is 10.0 Å². The van der Waals surface area contributed by atoms with E-state index in [1.807, 2.05) is 13.8 Å². The van der Waals surface area contributed by atoms with Gasteiger partial charge in [-0.1, -0.05) is 40.6 Å². The van der Waals surface area contributed by atoms with E-state index >= 15 is 0 Å². The zero-order valence-electron chi connectivity index (χ0n) is 10.8. The van der Waals surface area contributed by atoms with Gasteiger partial charge in [-0.15, -0.1) is 10.2 Å². The number of halogens is 2. The second kappa shape index (κ2) is 6.39. The van der Waals surface area contributed by atoms with Crippen LogP contribution in [-0.4, -0.2) is 16.2 Å². The number of hydrogen-bond acceptors (Lipinski definition) is 4. The summed E-state index contributed by atoms with van der Waals surface area (Å²) in [6.07, 6.45) is 0. The van der Waals surface area contributed by atoms with Crippen LogP contribution >= 0.6 is 34.5 Å². The third-order valence-corrected chi connectivity index (χ3v) is 3.84. The number of anilines is 1. The molecule has 8 heteroatoms. The third-order valence-electron chi connectivity index (χ3n) is 2.52. The van der Waals surface area contributed by atoms with Gasteiger partial charge in [-0.2, -0.15) is 0 Å². The normalized spacial score (nSPS) is 12.0. The van der Waals surface area contributed by atoms with Crippen LogP contribution in [0.25, 0.3) is 0 Å². The van der Waals surface area contributed by atoms with Crippen molar-refractivity contribution in [3.05, 3.63) is 38.8 Å². The molecule has 1 aromatic carbocycles. The monoisotopic (exact) mass is 330 g/mol. The summed E-state index contributed by atoms with van der Waals surface area (Å²) in [4.78, 5) is 11.8. The summed E-state index contributed by atoms with van der Waals surface area (Å²) in [5, 5.41) is 15.3. The number of carbonyl (C=O) groups is 1. The molecule has 0 aliphatic heterocycles. The van der Waals surface area contributed by atoms with Crippen LogP contribution in [0, 0.1) is 6.92 Å². The number of nitrogens with zero attached hydrogens (tertiary/aromatic N) is 2. The van der Waals surface area contributed by atoms with Crippen molar-refractivity contribution in [2.45, 2.75) is 19.9 Å². The predicted octanol–water partition coefficient (Wildman–Crippen LogP) is 4.04. The smallest absolute Gasteiger partial charge is 0.321 e. The number of rotatable bonds is 3. The minimum Gasteiger partial charge on any atom is -0.331 e. The van der Waals surface area contributed by atoms with Gasteiger partial charge >= 0.3 is 6.03 Å². The summed E-state index contributed by atoms with van der Waals surface area (Å²) >= 11 is 13.2. The van der Waals surface area contributed by atoms with Crippen molar-refractivity contribution in [1.29, 1.82) is 0 Å². The van der Waals surface area contributed by atoms with Crippen LogP contribution in [0.3, 0.4) is 0 Å². The van der Waals surface area contributed by atoms with Crippen LogP contribution in [-0.2, 0) is 0 Å². The highest BCUT2D eigenvalue weighted by Crippen LogP contribution is 2.26. The quantitative estimate of drug-likeness (QED) is 0.892. The number of aromatic nitrogens is 2. The number of hydrogen-bond donors (Lipinski definition) is 2. The molecule has 1 heterocycles. The first-order chi connectivity index (χ1) is 9.45. The number of nitrogens with one attached hydrogen (secondary N) is 2. The van der Waals surface area contributed by atoms with Gasteiger partial charge in [0.05, 0.1) is 6.04 Å². The van der Waals surface area contributed by atoms with Crippen LogP contribution in [0.1, 0.15) is 23.5 Å². The Morgan fingerprint density at radius 2 is 2.10 bits per heavy atom. The Hall–Kier alpha value is -1.37. The van der Waals surface area contributed by atoms with Crippen molar-refractivity contribution in [2.24, 2.45) is 0 Å². The summed E-state index contributed by atoms with van der Waals surface area (Å²) in [5.74, 6) is 0. The first kappa shape index (κ1) is 15.0. The SMILES string of the molecule is Cc1nnc(NC(=O)NC(C)c2ccc(Cl)cc2Cl)s1. The maximum atomic E-state index is 11.8. The number of amides is 2. The molecule has 2 N–H and O–H groups in total. The summed E-state index contributed by atoms with van der Waals surface area (Å²) in [7, 11) is 0. The van der Waals surface area contributed by atoms with Crippen molar-refractivity contribution in [2.75, 3.05) is 5.32 Å². The van der Waals surface area contributed by atoms with Crippen molar-refractivity contribution in [1.82, 2.24) is 15.5 Å². The minimum absolute atomic E-state index is 0.256. The molecule has 106 valence electrons. The summed E-state index contributed by atoms with van der Waals surface area (Å²) in [5.41, 5.74) is 0.791. The summed E-state index contributed by atoms with van der Waals surface area (Å²) in [6, 6.07) is 4.54. The van der Waals surface area contributed by atoms with E-state index < -0.39 is 0 Å². The topological polar surface area (TPSA) is 66.9 Å². The Morgan fingerprint density at radius 3 is 2.70 bits per heavy atom. The summed E-state index contributed by atoms with van der Waals surface area (Å²) < 4.78 is 0. The first-order valence-electron chi connectivity index (χ1n) is 5.78. The largest absolute Gasteiger partial charge is 0.331 e. The van der Waals surface area contributed by atoms with Crippen LogP contribution < -0.4 is 10.6 Å². The van der Waals surface area contributed by atoms with Crippen molar-refractivity contribution in [3.63, 3.8) is 0 Å². The lowest BCUT2D eigenvalue weighted by molar-refractivity contribution is 0.249. The van der Waals surface area contributed by atoms with Crippen LogP contribution in [0.5, 0.6) is 0 Å². The molecule has 0 saturated heterocycles. The maximum absolute atomic E-state index is 11.8. The number of urea groups is 1. The molecule has 0 radical (unpaired) electrons. The molecule has 2 rings (SSSR count). The van der Waals surface area contributed by atoms with Gasteiger partial charge in [0.2, 0.25) is 5.13 Å². The van der Waals surface area contributed by atoms with Gasteiger partial charge in [0.1, 0.15) is 5.01 Å². The zero-order valence-corrected chi connectivity index (χ0v) is 13.1. The van der Waals surface area contributed by atoms with Crippen LogP contribution in [0.4, 0.5) is 9.93 Å². The lowest BCUT2D eigenvalue weighted by atomic mass is 10.1. The molecule has 1 unspecified atom stereocenters. The van der Waals surface area contributed by atoms with E-state index in [1.54, 1.807) is 18.2 Å². The number of benzene rings is 1. The second-order valence-electron chi connectivity index (χ2n) is 4.11. The molecule has 0 saturated carbocycles.